The molecule has 11 heavy (non-hydrogen) atoms. The van der Waals surface area contributed by atoms with Crippen LogP contribution in [0.15, 0.2) is 0 Å². The van der Waals surface area contributed by atoms with Crippen LogP contribution in [-0.2, 0) is 0 Å². The topological polar surface area (TPSA) is 23.5 Å². The van der Waals surface area contributed by atoms with Crippen LogP contribution in [-0.4, -0.2) is 36.2 Å². The maximum absolute atomic E-state index is 8.74. The van der Waals surface area contributed by atoms with E-state index in [2.05, 4.69) is 11.8 Å². The van der Waals surface area contributed by atoms with Gasteiger partial charge in [-0.25, -0.2) is 0 Å². The summed E-state index contributed by atoms with van der Waals surface area (Å²) in [5.74, 6) is 2.77. The summed E-state index contributed by atoms with van der Waals surface area (Å²) in [5.41, 5.74) is 0. The predicted molar refractivity (Wildman–Crippen MR) is 44.3 cm³/mol. The molecule has 0 amide bonds. The Kier molecular flexibility index (Phi) is 1.90. The van der Waals surface area contributed by atoms with Gasteiger partial charge in [0.2, 0.25) is 0 Å². The van der Waals surface area contributed by atoms with Crippen molar-refractivity contribution in [3.05, 3.63) is 0 Å². The fourth-order valence-electron chi connectivity index (χ4n) is 2.57. The number of piperidine rings is 1. The quantitative estimate of drug-likeness (QED) is 0.644. The van der Waals surface area contributed by atoms with Crippen LogP contribution in [0, 0.1) is 17.8 Å². The molecule has 0 unspecified atom stereocenters. The Morgan fingerprint density at radius 1 is 1.36 bits per heavy atom. The molecule has 3 atom stereocenters. The van der Waals surface area contributed by atoms with E-state index < -0.39 is 0 Å². The average molecular weight is 155 g/mol. The second-order valence-electron chi connectivity index (χ2n) is 3.86. The summed E-state index contributed by atoms with van der Waals surface area (Å²) in [4.78, 5) is 2.52. The van der Waals surface area contributed by atoms with Gasteiger partial charge in [0.1, 0.15) is 0 Å². The highest BCUT2D eigenvalue weighted by Crippen LogP contribution is 2.53. The van der Waals surface area contributed by atoms with Crippen molar-refractivity contribution >= 4 is 0 Å². The van der Waals surface area contributed by atoms with E-state index in [1.807, 2.05) is 0 Å². The van der Waals surface area contributed by atoms with Crippen molar-refractivity contribution < 1.29 is 5.11 Å². The average Bonchev–Trinajstić information content (AvgIpc) is 2.48. The molecule has 1 aliphatic carbocycles. The Balaban J connectivity index is 1.77. The van der Waals surface area contributed by atoms with Crippen LogP contribution < -0.4 is 0 Å². The highest BCUT2D eigenvalue weighted by atomic mass is 16.3. The van der Waals surface area contributed by atoms with Gasteiger partial charge >= 0.3 is 0 Å². The normalized spacial score (nSPS) is 42.5. The fourth-order valence-corrected chi connectivity index (χ4v) is 2.57. The van der Waals surface area contributed by atoms with Gasteiger partial charge in [-0.2, -0.15) is 0 Å². The molecule has 64 valence electrons. The van der Waals surface area contributed by atoms with Crippen LogP contribution in [0.5, 0.6) is 0 Å². The first-order valence-corrected chi connectivity index (χ1v) is 4.70. The van der Waals surface area contributed by atoms with E-state index in [1.165, 1.54) is 19.6 Å². The number of fused-ring (bicyclic) bond motifs is 1. The van der Waals surface area contributed by atoms with Gasteiger partial charge in [-0.3, -0.25) is 0 Å². The maximum Gasteiger partial charge on any atom is 0.0433 e. The number of aliphatic hydroxyl groups excluding tert-OH is 1. The highest BCUT2D eigenvalue weighted by Gasteiger charge is 2.54. The first-order chi connectivity index (χ1) is 5.36. The van der Waals surface area contributed by atoms with Gasteiger partial charge < -0.3 is 10.0 Å². The second-order valence-corrected chi connectivity index (χ2v) is 3.86. The zero-order valence-corrected chi connectivity index (χ0v) is 7.16. The standard InChI is InChI=1S/C9H17NO/c1-2-10-5-8-7(3-4-11)9(8)6-10/h7-9,11H,2-6H2,1H3/t7-,8-,9+. The third kappa shape index (κ3) is 1.18. The Bertz CT molecular complexity index is 136. The molecule has 0 aromatic rings. The van der Waals surface area contributed by atoms with E-state index in [1.54, 1.807) is 0 Å². The van der Waals surface area contributed by atoms with Gasteiger partial charge in [-0.1, -0.05) is 6.92 Å². The Hall–Kier alpha value is -0.0800. The molecule has 2 heteroatoms. The van der Waals surface area contributed by atoms with Crippen LogP contribution in [0.1, 0.15) is 13.3 Å². The van der Waals surface area contributed by atoms with Crippen LogP contribution in [0.25, 0.3) is 0 Å². The lowest BCUT2D eigenvalue weighted by molar-refractivity contribution is 0.248. The molecular formula is C9H17NO. The number of aliphatic hydroxyl groups is 1. The highest BCUT2D eigenvalue weighted by molar-refractivity contribution is 5.04. The molecule has 2 nitrogen and oxygen atoms in total. The number of likely N-dealkylation sites (tertiary alicyclic amines) is 1. The largest absolute Gasteiger partial charge is 0.396 e. The minimum absolute atomic E-state index is 0.393. The number of hydrogen-bond donors (Lipinski definition) is 1. The number of rotatable bonds is 3. The zero-order chi connectivity index (χ0) is 7.84. The van der Waals surface area contributed by atoms with E-state index in [-0.39, 0.29) is 0 Å². The number of nitrogens with zero attached hydrogens (tertiary/aromatic N) is 1. The van der Waals surface area contributed by atoms with Crippen molar-refractivity contribution in [1.82, 2.24) is 4.90 Å². The van der Waals surface area contributed by atoms with Gasteiger partial charge in [0.05, 0.1) is 0 Å². The van der Waals surface area contributed by atoms with Crippen LogP contribution in [0.4, 0.5) is 0 Å². The first-order valence-electron chi connectivity index (χ1n) is 4.70. The number of hydrogen-bond acceptors (Lipinski definition) is 2. The summed E-state index contributed by atoms with van der Waals surface area (Å²) in [6.45, 7) is 6.42. The molecule has 0 aromatic carbocycles. The lowest BCUT2D eigenvalue weighted by Gasteiger charge is -2.15. The van der Waals surface area contributed by atoms with Crippen LogP contribution in [0.2, 0.25) is 0 Å². The van der Waals surface area contributed by atoms with E-state index in [4.69, 9.17) is 5.11 Å². The lowest BCUT2D eigenvalue weighted by Crippen LogP contribution is -2.24. The monoisotopic (exact) mass is 155 g/mol. The molecule has 2 aliphatic rings. The third-order valence-corrected chi connectivity index (χ3v) is 3.36. The van der Waals surface area contributed by atoms with Crippen molar-refractivity contribution in [3.63, 3.8) is 0 Å². The molecule has 0 bridgehead atoms. The fraction of sp³-hybridized carbons (Fsp3) is 1.00. The van der Waals surface area contributed by atoms with Crippen LogP contribution >= 0.6 is 0 Å². The molecule has 1 N–H and O–H groups in total. The molecule has 0 aromatic heterocycles. The Labute approximate surface area is 68.2 Å². The van der Waals surface area contributed by atoms with Gasteiger partial charge in [0.25, 0.3) is 0 Å². The smallest absolute Gasteiger partial charge is 0.0433 e. The summed E-state index contributed by atoms with van der Waals surface area (Å²) < 4.78 is 0. The Morgan fingerprint density at radius 3 is 2.45 bits per heavy atom. The molecule has 1 heterocycles. The van der Waals surface area contributed by atoms with Crippen molar-refractivity contribution in [2.24, 2.45) is 17.8 Å². The minimum Gasteiger partial charge on any atom is -0.396 e. The summed E-state index contributed by atoms with van der Waals surface area (Å²) in [5, 5.41) is 8.74. The zero-order valence-electron chi connectivity index (χ0n) is 7.16. The second kappa shape index (κ2) is 2.76. The van der Waals surface area contributed by atoms with E-state index in [9.17, 15) is 0 Å². The molecule has 0 radical (unpaired) electrons. The van der Waals surface area contributed by atoms with Gasteiger partial charge in [0, 0.05) is 19.7 Å². The third-order valence-electron chi connectivity index (χ3n) is 3.36. The van der Waals surface area contributed by atoms with Gasteiger partial charge in [-0.05, 0) is 30.7 Å². The van der Waals surface area contributed by atoms with E-state index in [0.29, 0.717) is 6.61 Å². The summed E-state index contributed by atoms with van der Waals surface area (Å²) in [7, 11) is 0. The van der Waals surface area contributed by atoms with E-state index in [0.717, 1.165) is 24.2 Å². The lowest BCUT2D eigenvalue weighted by atomic mass is 10.2. The first kappa shape index (κ1) is 7.56. The van der Waals surface area contributed by atoms with Crippen molar-refractivity contribution in [2.45, 2.75) is 13.3 Å². The molecule has 0 spiro atoms. The van der Waals surface area contributed by atoms with Crippen LogP contribution in [0.3, 0.4) is 0 Å². The molecule has 2 rings (SSSR count). The Morgan fingerprint density at radius 2 is 2.00 bits per heavy atom. The minimum atomic E-state index is 0.393. The summed E-state index contributed by atoms with van der Waals surface area (Å²) in [6.07, 6.45) is 1.05. The summed E-state index contributed by atoms with van der Waals surface area (Å²) >= 11 is 0. The molecule has 2 fully saturated rings. The molecule has 1 aliphatic heterocycles. The van der Waals surface area contributed by atoms with Gasteiger partial charge in [-0.15, -0.1) is 0 Å². The van der Waals surface area contributed by atoms with Crippen molar-refractivity contribution in [2.75, 3.05) is 26.2 Å². The predicted octanol–water partition coefficient (Wildman–Crippen LogP) is 0.567. The van der Waals surface area contributed by atoms with Crippen molar-refractivity contribution in [1.29, 1.82) is 0 Å². The summed E-state index contributed by atoms with van der Waals surface area (Å²) in [6, 6.07) is 0. The van der Waals surface area contributed by atoms with Gasteiger partial charge in [0.15, 0.2) is 0 Å². The molecule has 1 saturated heterocycles. The maximum atomic E-state index is 8.74. The molecular weight excluding hydrogens is 138 g/mol. The van der Waals surface area contributed by atoms with Crippen molar-refractivity contribution in [3.8, 4) is 0 Å². The SMILES string of the molecule is CCN1C[C@@H]2[C@@H](CCO)[C@@H]2C1. The van der Waals surface area contributed by atoms with E-state index >= 15 is 0 Å². The molecule has 1 saturated carbocycles.